The summed E-state index contributed by atoms with van der Waals surface area (Å²) in [5.41, 5.74) is 3.48. The van der Waals surface area contributed by atoms with Gasteiger partial charge in [0, 0.05) is 24.5 Å². The predicted octanol–water partition coefficient (Wildman–Crippen LogP) is 3.86. The standard InChI is InChI=1S/C24H28N6O3S/c1-2-17-6-3-4-8-21(17)30-16-26-29-24(30)34-15-22(31)27-18-9-11-19(12-10-18)28-23(32)25-14-20-7-5-13-33-20/h3-4,6,8-12,16,20H,2,5,7,13-15H2,1H3,(H,27,31)(H2,25,28,32). The third-order valence-electron chi connectivity index (χ3n) is 5.42. The highest BCUT2D eigenvalue weighted by Crippen LogP contribution is 2.23. The van der Waals surface area contributed by atoms with Crippen molar-refractivity contribution in [2.75, 3.05) is 29.5 Å². The molecule has 178 valence electrons. The molecule has 1 atom stereocenters. The lowest BCUT2D eigenvalue weighted by atomic mass is 10.1. The van der Waals surface area contributed by atoms with Gasteiger partial charge in [0.1, 0.15) is 6.33 Å². The normalized spacial score (nSPS) is 15.1. The van der Waals surface area contributed by atoms with Crippen LogP contribution in [0.25, 0.3) is 5.69 Å². The number of urea groups is 1. The van der Waals surface area contributed by atoms with E-state index in [2.05, 4.69) is 39.1 Å². The molecule has 3 aromatic rings. The summed E-state index contributed by atoms with van der Waals surface area (Å²) in [5.74, 6) is 0.0388. The lowest BCUT2D eigenvalue weighted by Gasteiger charge is -2.12. The molecular formula is C24H28N6O3S. The maximum absolute atomic E-state index is 12.5. The molecule has 1 aliphatic heterocycles. The zero-order valence-electron chi connectivity index (χ0n) is 19.0. The molecule has 2 heterocycles. The van der Waals surface area contributed by atoms with Crippen LogP contribution in [0.4, 0.5) is 16.2 Å². The van der Waals surface area contributed by atoms with Crippen molar-refractivity contribution in [2.45, 2.75) is 37.4 Å². The first-order valence-corrected chi connectivity index (χ1v) is 12.3. The fourth-order valence-corrected chi connectivity index (χ4v) is 4.41. The van der Waals surface area contributed by atoms with Gasteiger partial charge in [-0.2, -0.15) is 0 Å². The van der Waals surface area contributed by atoms with E-state index in [0.717, 1.165) is 31.6 Å². The maximum Gasteiger partial charge on any atom is 0.319 e. The molecule has 4 rings (SSSR count). The number of amides is 3. The summed E-state index contributed by atoms with van der Waals surface area (Å²) in [7, 11) is 0. The number of anilines is 2. The van der Waals surface area contributed by atoms with Crippen molar-refractivity contribution in [3.8, 4) is 5.69 Å². The highest BCUT2D eigenvalue weighted by molar-refractivity contribution is 7.99. The Bertz CT molecular complexity index is 1110. The number of carbonyl (C=O) groups is 2. The lowest BCUT2D eigenvalue weighted by molar-refractivity contribution is -0.113. The molecule has 1 aromatic heterocycles. The van der Waals surface area contributed by atoms with Crippen LogP contribution in [0.15, 0.2) is 60.0 Å². The average Bonchev–Trinajstić information content (AvgIpc) is 3.55. The number of benzene rings is 2. The highest BCUT2D eigenvalue weighted by atomic mass is 32.2. The molecule has 0 saturated carbocycles. The fraction of sp³-hybridized carbons (Fsp3) is 0.333. The van der Waals surface area contributed by atoms with Crippen LogP contribution in [0.5, 0.6) is 0 Å². The van der Waals surface area contributed by atoms with Crippen LogP contribution in [0.3, 0.4) is 0 Å². The molecular weight excluding hydrogens is 452 g/mol. The summed E-state index contributed by atoms with van der Waals surface area (Å²) in [6.07, 6.45) is 4.65. The minimum Gasteiger partial charge on any atom is -0.376 e. The van der Waals surface area contributed by atoms with E-state index in [4.69, 9.17) is 4.74 Å². The van der Waals surface area contributed by atoms with Crippen molar-refractivity contribution < 1.29 is 14.3 Å². The molecule has 2 aromatic carbocycles. The third-order valence-corrected chi connectivity index (χ3v) is 6.36. The fourth-order valence-electron chi connectivity index (χ4n) is 3.68. The topological polar surface area (TPSA) is 110 Å². The first-order valence-electron chi connectivity index (χ1n) is 11.3. The Morgan fingerprint density at radius 3 is 2.62 bits per heavy atom. The molecule has 0 aliphatic carbocycles. The minimum absolute atomic E-state index is 0.0939. The summed E-state index contributed by atoms with van der Waals surface area (Å²) in [4.78, 5) is 24.5. The summed E-state index contributed by atoms with van der Waals surface area (Å²) < 4.78 is 7.40. The van der Waals surface area contributed by atoms with Crippen LogP contribution in [0, 0.1) is 0 Å². The molecule has 3 amide bonds. The molecule has 1 saturated heterocycles. The number of carbonyl (C=O) groups excluding carboxylic acids is 2. The van der Waals surface area contributed by atoms with Crippen molar-refractivity contribution in [1.29, 1.82) is 0 Å². The van der Waals surface area contributed by atoms with Crippen LogP contribution in [-0.2, 0) is 16.0 Å². The van der Waals surface area contributed by atoms with Crippen LogP contribution in [-0.4, -0.2) is 51.7 Å². The third kappa shape index (κ3) is 6.36. The number of hydrogen-bond donors (Lipinski definition) is 3. The molecule has 1 fully saturated rings. The van der Waals surface area contributed by atoms with Crippen molar-refractivity contribution in [1.82, 2.24) is 20.1 Å². The number of ether oxygens (including phenoxy) is 1. The Labute approximate surface area is 202 Å². The molecule has 3 N–H and O–H groups in total. The van der Waals surface area contributed by atoms with Gasteiger partial charge in [-0.15, -0.1) is 10.2 Å². The van der Waals surface area contributed by atoms with E-state index >= 15 is 0 Å². The number of thioether (sulfide) groups is 1. The SMILES string of the molecule is CCc1ccccc1-n1cnnc1SCC(=O)Nc1ccc(NC(=O)NCC2CCCO2)cc1. The second-order valence-electron chi connectivity index (χ2n) is 7.85. The second kappa shape index (κ2) is 11.7. The number of aromatic nitrogens is 3. The van der Waals surface area contributed by atoms with Crippen LogP contribution in [0.2, 0.25) is 0 Å². The van der Waals surface area contributed by atoms with Gasteiger partial charge in [0.25, 0.3) is 0 Å². The van der Waals surface area contributed by atoms with Crippen LogP contribution in [0.1, 0.15) is 25.3 Å². The maximum atomic E-state index is 12.5. The van der Waals surface area contributed by atoms with Crippen molar-refractivity contribution in [3.63, 3.8) is 0 Å². The Balaban J connectivity index is 1.25. The van der Waals surface area contributed by atoms with Crippen molar-refractivity contribution in [3.05, 3.63) is 60.4 Å². The smallest absolute Gasteiger partial charge is 0.319 e. The first kappa shape index (κ1) is 23.8. The zero-order valence-corrected chi connectivity index (χ0v) is 19.8. The van der Waals surface area contributed by atoms with Gasteiger partial charge in [0.15, 0.2) is 5.16 Å². The van der Waals surface area contributed by atoms with Crippen molar-refractivity contribution in [2.24, 2.45) is 0 Å². The van der Waals surface area contributed by atoms with Crippen molar-refractivity contribution >= 4 is 35.1 Å². The molecule has 0 bridgehead atoms. The molecule has 34 heavy (non-hydrogen) atoms. The van der Waals surface area contributed by atoms with E-state index in [1.54, 1.807) is 30.6 Å². The first-order chi connectivity index (χ1) is 16.6. The Morgan fingerprint density at radius 1 is 1.12 bits per heavy atom. The number of nitrogens with zero attached hydrogens (tertiary/aromatic N) is 3. The lowest BCUT2D eigenvalue weighted by Crippen LogP contribution is -2.35. The van der Waals surface area contributed by atoms with Crippen LogP contribution >= 0.6 is 11.8 Å². The number of hydrogen-bond acceptors (Lipinski definition) is 6. The molecule has 0 radical (unpaired) electrons. The van der Waals surface area contributed by atoms with E-state index in [9.17, 15) is 9.59 Å². The van der Waals surface area contributed by atoms with Crippen LogP contribution < -0.4 is 16.0 Å². The zero-order chi connectivity index (χ0) is 23.8. The van der Waals surface area contributed by atoms with Gasteiger partial charge in [-0.25, -0.2) is 4.79 Å². The van der Waals surface area contributed by atoms with Gasteiger partial charge in [0.2, 0.25) is 5.91 Å². The predicted molar refractivity (Wildman–Crippen MR) is 133 cm³/mol. The van der Waals surface area contributed by atoms with E-state index < -0.39 is 0 Å². The number of nitrogens with one attached hydrogen (secondary N) is 3. The summed E-state index contributed by atoms with van der Waals surface area (Å²) in [6, 6.07) is 14.8. The quantitative estimate of drug-likeness (QED) is 0.401. The summed E-state index contributed by atoms with van der Waals surface area (Å²) >= 11 is 1.32. The Morgan fingerprint density at radius 2 is 1.88 bits per heavy atom. The number of rotatable bonds is 9. The van der Waals surface area contributed by atoms with Gasteiger partial charge < -0.3 is 20.7 Å². The van der Waals surface area contributed by atoms with Gasteiger partial charge in [-0.1, -0.05) is 36.9 Å². The second-order valence-corrected chi connectivity index (χ2v) is 8.79. The van der Waals surface area contributed by atoms with Gasteiger partial charge >= 0.3 is 6.03 Å². The summed E-state index contributed by atoms with van der Waals surface area (Å²) in [5, 5.41) is 17.3. The Kier molecular flexibility index (Phi) is 8.16. The number of para-hydroxylation sites is 1. The van der Waals surface area contributed by atoms with E-state index in [0.29, 0.717) is 23.1 Å². The average molecular weight is 481 g/mol. The van der Waals surface area contributed by atoms with Gasteiger partial charge in [-0.05, 0) is 55.2 Å². The van der Waals surface area contributed by atoms with E-state index in [1.807, 2.05) is 22.8 Å². The monoisotopic (exact) mass is 480 g/mol. The molecule has 1 aliphatic rings. The highest BCUT2D eigenvalue weighted by Gasteiger charge is 2.16. The summed E-state index contributed by atoms with van der Waals surface area (Å²) in [6.45, 7) is 3.35. The minimum atomic E-state index is -0.280. The number of aryl methyl sites for hydroxylation is 1. The molecule has 1 unspecified atom stereocenters. The van der Waals surface area contributed by atoms with Gasteiger partial charge in [-0.3, -0.25) is 9.36 Å². The van der Waals surface area contributed by atoms with E-state index in [1.165, 1.54) is 17.3 Å². The molecule has 9 nitrogen and oxygen atoms in total. The van der Waals surface area contributed by atoms with Gasteiger partial charge in [0.05, 0.1) is 17.5 Å². The largest absolute Gasteiger partial charge is 0.376 e. The molecule has 10 heteroatoms. The Hall–Kier alpha value is -3.37. The van der Waals surface area contributed by atoms with E-state index in [-0.39, 0.29) is 23.8 Å². The molecule has 0 spiro atoms.